The summed E-state index contributed by atoms with van der Waals surface area (Å²) in [6, 6.07) is 19.8. The van der Waals surface area contributed by atoms with Gasteiger partial charge in [0, 0.05) is 24.2 Å². The van der Waals surface area contributed by atoms with Crippen molar-refractivity contribution in [2.75, 3.05) is 13.6 Å². The summed E-state index contributed by atoms with van der Waals surface area (Å²) in [6.45, 7) is 8.71. The summed E-state index contributed by atoms with van der Waals surface area (Å²) in [6.07, 6.45) is 7.49. The van der Waals surface area contributed by atoms with E-state index in [2.05, 4.69) is 19.8 Å². The summed E-state index contributed by atoms with van der Waals surface area (Å²) in [5, 5.41) is 12.5. The first-order valence-corrected chi connectivity index (χ1v) is 14.3. The number of Topliss-reactive ketones (excluding diaryl/α,β-unsaturated/α-hetero) is 1. The van der Waals surface area contributed by atoms with E-state index in [1.165, 1.54) is 0 Å². The zero-order chi connectivity index (χ0) is 28.8. The fraction of sp³-hybridized carbons (Fsp3) is 0.559. The van der Waals surface area contributed by atoms with Gasteiger partial charge >= 0.3 is 0 Å². The van der Waals surface area contributed by atoms with E-state index in [4.69, 9.17) is 25.4 Å². The van der Waals surface area contributed by atoms with Gasteiger partial charge in [0.2, 0.25) is 0 Å². The molecule has 0 heterocycles. The second-order valence-electron chi connectivity index (χ2n) is 12.0. The largest absolute Gasteiger partial charge is 0.384 e. The summed E-state index contributed by atoms with van der Waals surface area (Å²) < 4.78 is 24.9. The zero-order valence-electron chi connectivity index (χ0n) is 24.3. The highest BCUT2D eigenvalue weighted by Crippen LogP contribution is 2.61. The Labute approximate surface area is 239 Å². The van der Waals surface area contributed by atoms with Crippen molar-refractivity contribution in [2.45, 2.75) is 83.9 Å². The van der Waals surface area contributed by atoms with E-state index in [-0.39, 0.29) is 37.1 Å². The molecule has 4 unspecified atom stereocenters. The van der Waals surface area contributed by atoms with Crippen molar-refractivity contribution in [3.05, 3.63) is 71.8 Å². The molecule has 2 saturated carbocycles. The molecule has 2 aliphatic carbocycles. The number of benzene rings is 2. The Morgan fingerprint density at radius 2 is 1.57 bits per heavy atom. The maximum absolute atomic E-state index is 12.5. The van der Waals surface area contributed by atoms with Crippen molar-refractivity contribution < 1.29 is 28.8 Å². The quantitative estimate of drug-likeness (QED) is 0.191. The molecule has 0 radical (unpaired) electrons. The van der Waals surface area contributed by atoms with Gasteiger partial charge in [-0.25, -0.2) is 0 Å². The van der Waals surface area contributed by atoms with Gasteiger partial charge in [0.1, 0.15) is 30.6 Å². The molecule has 216 valence electrons. The Balaban J connectivity index is 1.58. The van der Waals surface area contributed by atoms with Crippen LogP contribution in [0.3, 0.4) is 0 Å². The van der Waals surface area contributed by atoms with Crippen LogP contribution in [0.15, 0.2) is 60.7 Å². The first-order valence-electron chi connectivity index (χ1n) is 14.3. The second kappa shape index (κ2) is 13.0. The van der Waals surface area contributed by atoms with Crippen molar-refractivity contribution in [3.63, 3.8) is 0 Å². The monoisotopic (exact) mass is 548 g/mol. The fourth-order valence-corrected chi connectivity index (χ4v) is 7.13. The van der Waals surface area contributed by atoms with Gasteiger partial charge in [0.05, 0.1) is 19.3 Å². The number of ether oxygens (including phenoxy) is 4. The molecule has 0 amide bonds. The average Bonchev–Trinajstić information content (AvgIpc) is 2.95. The minimum atomic E-state index is -1.44. The second-order valence-corrected chi connectivity index (χ2v) is 12.0. The van der Waals surface area contributed by atoms with Gasteiger partial charge < -0.3 is 24.1 Å². The van der Waals surface area contributed by atoms with Crippen LogP contribution in [0, 0.1) is 35.5 Å². The number of carbonyl (C=O) groups is 1. The standard InChI is InChI=1S/C34H44O6/c1-6-18-32(4,29-20-30(35)26(29)3)34(40-24-38-22-28-15-11-8-12-16-28)19-17-25(2)31(33(34,5)36)39-23-37-21-27-13-9-7-10-14-27/h1,7-16,25-26,29,31,36H,17-24H2,2-5H3/t25?,26?,29-,31?,32+,33+,34?/m0/s1. The van der Waals surface area contributed by atoms with Crippen molar-refractivity contribution in [1.82, 2.24) is 0 Å². The number of terminal acetylenes is 1. The van der Waals surface area contributed by atoms with Crippen LogP contribution in [-0.4, -0.2) is 41.8 Å². The lowest BCUT2D eigenvalue weighted by Crippen LogP contribution is -2.74. The Kier molecular flexibility index (Phi) is 9.87. The number of aliphatic hydroxyl groups is 1. The van der Waals surface area contributed by atoms with Gasteiger partial charge in [-0.15, -0.1) is 12.3 Å². The van der Waals surface area contributed by atoms with E-state index in [0.29, 0.717) is 32.5 Å². The molecule has 4 rings (SSSR count). The minimum Gasteiger partial charge on any atom is -0.384 e. The molecule has 40 heavy (non-hydrogen) atoms. The van der Waals surface area contributed by atoms with Gasteiger partial charge in [0.25, 0.3) is 0 Å². The van der Waals surface area contributed by atoms with Gasteiger partial charge in [-0.2, -0.15) is 0 Å². The molecule has 0 aromatic heterocycles. The molecule has 2 aliphatic rings. The first-order chi connectivity index (χ1) is 19.2. The van der Waals surface area contributed by atoms with E-state index in [0.717, 1.165) is 17.5 Å². The molecule has 1 N–H and O–H groups in total. The van der Waals surface area contributed by atoms with E-state index in [1.54, 1.807) is 6.92 Å². The minimum absolute atomic E-state index is 0.0220. The topological polar surface area (TPSA) is 74.2 Å². The smallest absolute Gasteiger partial charge is 0.148 e. The van der Waals surface area contributed by atoms with Crippen molar-refractivity contribution >= 4 is 5.78 Å². The maximum Gasteiger partial charge on any atom is 0.148 e. The summed E-state index contributed by atoms with van der Waals surface area (Å²) in [4.78, 5) is 12.4. The van der Waals surface area contributed by atoms with Crippen LogP contribution in [0.4, 0.5) is 0 Å². The van der Waals surface area contributed by atoms with Crippen molar-refractivity contribution in [3.8, 4) is 12.3 Å². The lowest BCUT2D eigenvalue weighted by Gasteiger charge is -2.64. The Morgan fingerprint density at radius 3 is 2.10 bits per heavy atom. The molecular formula is C34H44O6. The molecule has 2 aromatic carbocycles. The number of ketones is 1. The molecule has 0 spiro atoms. The van der Waals surface area contributed by atoms with E-state index >= 15 is 0 Å². The van der Waals surface area contributed by atoms with Crippen LogP contribution in [-0.2, 0) is 37.0 Å². The van der Waals surface area contributed by atoms with Crippen LogP contribution in [0.2, 0.25) is 0 Å². The molecule has 7 atom stereocenters. The Morgan fingerprint density at radius 1 is 1.00 bits per heavy atom. The van der Waals surface area contributed by atoms with Gasteiger partial charge in [-0.05, 0) is 42.7 Å². The highest BCUT2D eigenvalue weighted by atomic mass is 16.7. The molecule has 6 heteroatoms. The Bertz CT molecular complexity index is 1140. The third kappa shape index (κ3) is 5.91. The SMILES string of the molecule is C#CC[C@](C)([C@H]1CC(=O)C1C)C1(OCOCc2ccccc2)CCC(C)C(OCOCc2ccccc2)[C@@]1(C)O. The molecule has 0 aliphatic heterocycles. The van der Waals surface area contributed by atoms with Gasteiger partial charge in [-0.3, -0.25) is 4.79 Å². The lowest BCUT2D eigenvalue weighted by atomic mass is 9.46. The lowest BCUT2D eigenvalue weighted by molar-refractivity contribution is -0.334. The molecule has 2 fully saturated rings. The predicted octanol–water partition coefficient (Wildman–Crippen LogP) is 5.91. The number of rotatable bonds is 13. The van der Waals surface area contributed by atoms with E-state index in [9.17, 15) is 9.90 Å². The van der Waals surface area contributed by atoms with E-state index < -0.39 is 22.7 Å². The molecule has 0 bridgehead atoms. The van der Waals surface area contributed by atoms with Crippen molar-refractivity contribution in [2.24, 2.45) is 23.2 Å². The Hall–Kier alpha value is -2.53. The number of hydrogen-bond acceptors (Lipinski definition) is 6. The van der Waals surface area contributed by atoms with Crippen LogP contribution < -0.4 is 0 Å². The first kappa shape index (κ1) is 30.4. The maximum atomic E-state index is 12.5. The summed E-state index contributed by atoms with van der Waals surface area (Å²) >= 11 is 0. The molecule has 2 aromatic rings. The summed E-state index contributed by atoms with van der Waals surface area (Å²) in [7, 11) is 0. The zero-order valence-corrected chi connectivity index (χ0v) is 24.3. The molecule has 0 saturated heterocycles. The van der Waals surface area contributed by atoms with Crippen LogP contribution in [0.25, 0.3) is 0 Å². The normalized spacial score (nSPS) is 31.6. The summed E-state index contributed by atoms with van der Waals surface area (Å²) in [5.74, 6) is 2.94. The van der Waals surface area contributed by atoms with Crippen LogP contribution >= 0.6 is 0 Å². The van der Waals surface area contributed by atoms with Crippen LogP contribution in [0.1, 0.15) is 64.5 Å². The van der Waals surface area contributed by atoms with Gasteiger partial charge in [-0.1, -0.05) is 81.4 Å². The third-order valence-electron chi connectivity index (χ3n) is 9.53. The highest BCUT2D eigenvalue weighted by molar-refractivity contribution is 5.87. The summed E-state index contributed by atoms with van der Waals surface area (Å²) in [5.41, 5.74) is -1.17. The van der Waals surface area contributed by atoms with Crippen molar-refractivity contribution in [1.29, 1.82) is 0 Å². The van der Waals surface area contributed by atoms with E-state index in [1.807, 2.05) is 67.6 Å². The van der Waals surface area contributed by atoms with Gasteiger partial charge in [0.15, 0.2) is 0 Å². The van der Waals surface area contributed by atoms with Crippen LogP contribution in [0.5, 0.6) is 0 Å². The molecule has 6 nitrogen and oxygen atoms in total. The average molecular weight is 549 g/mol. The predicted molar refractivity (Wildman–Crippen MR) is 154 cm³/mol. The third-order valence-corrected chi connectivity index (χ3v) is 9.53. The number of carbonyl (C=O) groups excluding carboxylic acids is 1. The fourth-order valence-electron chi connectivity index (χ4n) is 7.13. The highest BCUT2D eigenvalue weighted by Gasteiger charge is 2.69. The molecular weight excluding hydrogens is 504 g/mol. The number of hydrogen-bond donors (Lipinski definition) is 1.